The quantitative estimate of drug-likeness (QED) is 0.151. The van der Waals surface area contributed by atoms with Crippen LogP contribution in [0.1, 0.15) is 109 Å². The Morgan fingerprint density at radius 1 is 0.687 bits per heavy atom. The van der Waals surface area contributed by atoms with Gasteiger partial charge in [-0.3, -0.25) is 24.1 Å². The molecule has 356 valence electrons. The third kappa shape index (κ3) is 6.78. The van der Waals surface area contributed by atoms with Crippen LogP contribution in [0.3, 0.4) is 0 Å². The minimum atomic E-state index is -0.930. The van der Waals surface area contributed by atoms with Crippen molar-refractivity contribution >= 4 is 53.9 Å². The van der Waals surface area contributed by atoms with E-state index in [0.717, 1.165) is 47.6 Å². The van der Waals surface area contributed by atoms with Gasteiger partial charge in [-0.15, -0.1) is 4.58 Å². The number of nitrogens with zero attached hydrogens (tertiary/aromatic N) is 3. The molecule has 6 amide bonds. The molecule has 11 aliphatic rings. The average molecular weight is 916 g/mol. The van der Waals surface area contributed by atoms with Crippen LogP contribution in [0.4, 0.5) is 21.0 Å². The normalized spacial score (nSPS) is 37.8. The second kappa shape index (κ2) is 15.6. The van der Waals surface area contributed by atoms with Gasteiger partial charge in [-0.2, -0.15) is 4.79 Å². The lowest BCUT2D eigenvalue weighted by Gasteiger charge is -2.75. The molecule has 8 bridgehead atoms. The summed E-state index contributed by atoms with van der Waals surface area (Å²) in [6.45, 7) is 11.7. The van der Waals surface area contributed by atoms with Crippen molar-refractivity contribution < 1.29 is 42.8 Å². The molecule has 9 aliphatic carbocycles. The molecule has 11 fully saturated rings. The maximum Gasteiger partial charge on any atom is 0.597 e. The van der Waals surface area contributed by atoms with Crippen LogP contribution in [-0.2, 0) is 39.5 Å². The average Bonchev–Trinajstić information content (AvgIpc) is 4.18. The standard InChI is InChI=1S/C53H66N6O8/c1-27(2)16-44(60)59-43(19-32-20-53(32,59)57(5)50(65)67-7)47(62)55-34-14-10-31(11-15-34)52-24-38-35-21-51(22-36(38)40(26-52)37(23-51)39(35)25-52)30-8-12-33(13-9-30)54-46(61)42-18-29-17-41(29)58(42)48(63)45(28(3)4)56-49(64)66-6/h8-15,27-29,32,35-43,45H,5,16-26H2,1-4,6-7H3,(H2-,54,55,56,61,62,64)/p+1. The first kappa shape index (κ1) is 44.2. The molecule has 0 aromatic heterocycles. The Hall–Kier alpha value is -5.27. The van der Waals surface area contributed by atoms with Crippen LogP contribution in [0.15, 0.2) is 48.5 Å². The lowest BCUT2D eigenvalue weighted by molar-refractivity contribution is -0.522. The van der Waals surface area contributed by atoms with E-state index in [1.54, 1.807) is 9.80 Å². The number of fused-ring (bicyclic) bond motifs is 2. The number of anilines is 2. The Bertz CT molecular complexity index is 2370. The Morgan fingerprint density at radius 2 is 1.18 bits per heavy atom. The zero-order valence-corrected chi connectivity index (χ0v) is 39.8. The van der Waals surface area contributed by atoms with Crippen molar-refractivity contribution in [1.29, 1.82) is 0 Å². The van der Waals surface area contributed by atoms with Crippen LogP contribution in [0.5, 0.6) is 0 Å². The van der Waals surface area contributed by atoms with Gasteiger partial charge in [0, 0.05) is 30.3 Å². The SMILES string of the molecule is C=[N+](C(=O)OC)C12CC1CC(C(=O)Nc1ccc(C34CC5C6CC7(c8ccc(NC(=O)C9CC%10CC%10N9C(=O)C(NC(=O)OC)C(C)C)cc8)CC5C(C3)C(C7)C6C4)cc1)N2C(=O)CC(C)C. The van der Waals surface area contributed by atoms with Crippen LogP contribution in [0.2, 0.25) is 0 Å². The highest BCUT2D eigenvalue weighted by molar-refractivity contribution is 6.00. The predicted octanol–water partition coefficient (Wildman–Crippen LogP) is 7.06. The number of methoxy groups -OCH3 is 2. The van der Waals surface area contributed by atoms with E-state index in [4.69, 9.17) is 9.47 Å². The summed E-state index contributed by atoms with van der Waals surface area (Å²) in [4.78, 5) is 83.4. The first-order valence-electron chi connectivity index (χ1n) is 25.0. The molecule has 9 saturated carbocycles. The number of likely N-dealkylation sites (tertiary alicyclic amines) is 2. The van der Waals surface area contributed by atoms with Gasteiger partial charge in [0.15, 0.2) is 0 Å². The zero-order chi connectivity index (χ0) is 47.1. The van der Waals surface area contributed by atoms with Crippen molar-refractivity contribution in [3.05, 3.63) is 59.7 Å². The number of nitrogens with one attached hydrogen (secondary N) is 3. The fraction of sp³-hybridized carbons (Fsp3) is 0.642. The molecule has 2 aromatic rings. The minimum absolute atomic E-state index is 0.0292. The van der Waals surface area contributed by atoms with E-state index in [-0.39, 0.29) is 64.7 Å². The van der Waals surface area contributed by atoms with Gasteiger partial charge in [-0.25, -0.2) is 4.79 Å². The molecule has 2 aliphatic heterocycles. The van der Waals surface area contributed by atoms with Crippen LogP contribution in [0.25, 0.3) is 0 Å². The Labute approximate surface area is 393 Å². The lowest BCUT2D eigenvalue weighted by atomic mass is 9.29. The maximum atomic E-state index is 14.0. The van der Waals surface area contributed by atoms with Gasteiger partial charge in [0.25, 0.3) is 5.66 Å². The molecule has 7 atom stereocenters. The van der Waals surface area contributed by atoms with Crippen molar-refractivity contribution in [2.24, 2.45) is 59.2 Å². The van der Waals surface area contributed by atoms with Crippen LogP contribution >= 0.6 is 0 Å². The molecule has 3 N–H and O–H groups in total. The van der Waals surface area contributed by atoms with Crippen molar-refractivity contribution in [1.82, 2.24) is 15.1 Å². The molecule has 67 heavy (non-hydrogen) atoms. The van der Waals surface area contributed by atoms with Gasteiger partial charge in [0.05, 0.1) is 20.1 Å². The van der Waals surface area contributed by atoms with Gasteiger partial charge in [0.1, 0.15) is 24.8 Å². The molecule has 2 heterocycles. The van der Waals surface area contributed by atoms with Crippen molar-refractivity contribution in [2.45, 2.75) is 139 Å². The molecule has 2 aromatic carbocycles. The maximum absolute atomic E-state index is 14.0. The molecule has 0 radical (unpaired) electrons. The first-order chi connectivity index (χ1) is 32.0. The summed E-state index contributed by atoms with van der Waals surface area (Å²) in [6.07, 6.45) is 8.90. The molecule has 0 spiro atoms. The molecule has 13 rings (SSSR count). The molecule has 14 heteroatoms. The first-order valence-corrected chi connectivity index (χ1v) is 25.0. The molecule has 7 unspecified atom stereocenters. The molecule has 2 saturated heterocycles. The summed E-state index contributed by atoms with van der Waals surface area (Å²) in [5.74, 6) is 3.74. The van der Waals surface area contributed by atoms with E-state index in [0.29, 0.717) is 30.9 Å². The summed E-state index contributed by atoms with van der Waals surface area (Å²) in [5.41, 5.74) is 3.62. The van der Waals surface area contributed by atoms with E-state index in [1.165, 1.54) is 68.4 Å². The summed E-state index contributed by atoms with van der Waals surface area (Å²) < 4.78 is 11.0. The van der Waals surface area contributed by atoms with E-state index in [2.05, 4.69) is 59.1 Å². The number of rotatable bonds is 12. The van der Waals surface area contributed by atoms with Gasteiger partial charge in [-0.1, -0.05) is 52.0 Å². The van der Waals surface area contributed by atoms with Crippen molar-refractivity contribution in [2.75, 3.05) is 24.9 Å². The topological polar surface area (TPSA) is 166 Å². The van der Waals surface area contributed by atoms with E-state index >= 15 is 0 Å². The Morgan fingerprint density at radius 3 is 1.63 bits per heavy atom. The van der Waals surface area contributed by atoms with E-state index in [1.807, 2.05) is 39.8 Å². The third-order valence-electron chi connectivity index (χ3n) is 18.9. The monoisotopic (exact) mass is 916 g/mol. The highest BCUT2D eigenvalue weighted by Crippen LogP contribution is 2.77. The second-order valence-electron chi connectivity index (χ2n) is 23.1. The number of carbonyl (C=O) groups is 6. The van der Waals surface area contributed by atoms with Crippen LogP contribution in [-0.4, -0.2) is 101 Å². The fourth-order valence-electron chi connectivity index (χ4n) is 16.1. The van der Waals surface area contributed by atoms with Crippen LogP contribution < -0.4 is 16.0 Å². The fourth-order valence-corrected chi connectivity index (χ4v) is 16.1. The summed E-state index contributed by atoms with van der Waals surface area (Å²) in [7, 11) is 2.58. The minimum Gasteiger partial charge on any atom is -0.453 e. The number of hydrogen-bond donors (Lipinski definition) is 3. The molecule has 14 nitrogen and oxygen atoms in total. The van der Waals surface area contributed by atoms with Crippen molar-refractivity contribution in [3.8, 4) is 0 Å². The van der Waals surface area contributed by atoms with Gasteiger partial charge >= 0.3 is 12.2 Å². The summed E-state index contributed by atoms with van der Waals surface area (Å²) in [5, 5.41) is 8.98. The van der Waals surface area contributed by atoms with Crippen molar-refractivity contribution in [3.63, 3.8) is 0 Å². The second-order valence-corrected chi connectivity index (χ2v) is 23.1. The number of amides is 6. The molecular formula is C53H67N6O8+. The Balaban J connectivity index is 0.738. The number of carbonyl (C=O) groups excluding carboxylic acids is 6. The van der Waals surface area contributed by atoms with Gasteiger partial charge < -0.3 is 30.3 Å². The smallest absolute Gasteiger partial charge is 0.453 e. The van der Waals surface area contributed by atoms with E-state index < -0.39 is 36.0 Å². The summed E-state index contributed by atoms with van der Waals surface area (Å²) in [6, 6.07) is 15.2. The van der Waals surface area contributed by atoms with Crippen LogP contribution in [0, 0.1) is 59.2 Å². The van der Waals surface area contributed by atoms with Gasteiger partial charge in [-0.05, 0) is 157 Å². The highest BCUT2D eigenvalue weighted by Gasteiger charge is 2.78. The van der Waals surface area contributed by atoms with Gasteiger partial charge in [0.2, 0.25) is 23.6 Å². The Kier molecular flexibility index (Phi) is 10.3. The highest BCUT2D eigenvalue weighted by atomic mass is 16.5. The lowest BCUT2D eigenvalue weighted by Crippen LogP contribution is -2.69. The third-order valence-corrected chi connectivity index (χ3v) is 18.9. The number of piperidine rings is 2. The summed E-state index contributed by atoms with van der Waals surface area (Å²) >= 11 is 0. The number of alkyl carbamates (subject to hydrolysis) is 1. The zero-order valence-electron chi connectivity index (χ0n) is 39.8. The van der Waals surface area contributed by atoms with E-state index in [9.17, 15) is 28.8 Å². The number of benzene rings is 2. The number of ether oxygens (including phenoxy) is 2. The largest absolute Gasteiger partial charge is 0.597 e. The molecular weight excluding hydrogens is 849 g/mol. The number of hydrogen-bond acceptors (Lipinski definition) is 8. The predicted molar refractivity (Wildman–Crippen MR) is 249 cm³/mol.